The molecule has 0 radical (unpaired) electrons. The number of hydrogen-bond acceptors (Lipinski definition) is 5. The van der Waals surface area contributed by atoms with Gasteiger partial charge in [0.1, 0.15) is 0 Å². The summed E-state index contributed by atoms with van der Waals surface area (Å²) in [6.07, 6.45) is 1.06. The fourth-order valence-corrected chi connectivity index (χ4v) is 2.16. The number of amides is 1. The molecule has 0 aliphatic heterocycles. The monoisotopic (exact) mass is 311 g/mol. The van der Waals surface area contributed by atoms with E-state index < -0.39 is 23.2 Å². The number of aromatic hydroxyl groups is 2. The number of ketones is 2. The van der Waals surface area contributed by atoms with Crippen molar-refractivity contribution in [2.45, 2.75) is 0 Å². The molecule has 0 spiro atoms. The van der Waals surface area contributed by atoms with E-state index in [4.69, 9.17) is 0 Å². The van der Waals surface area contributed by atoms with Crippen molar-refractivity contribution in [3.8, 4) is 11.5 Å². The van der Waals surface area contributed by atoms with Crippen LogP contribution in [0.2, 0.25) is 0 Å². The van der Waals surface area contributed by atoms with Crippen LogP contribution in [-0.2, 0) is 4.79 Å². The Labute approximate surface area is 131 Å². The summed E-state index contributed by atoms with van der Waals surface area (Å²) >= 11 is 0. The van der Waals surface area contributed by atoms with Crippen LogP contribution in [-0.4, -0.2) is 27.7 Å². The van der Waals surface area contributed by atoms with Crippen LogP contribution in [0.15, 0.2) is 49.1 Å². The highest BCUT2D eigenvalue weighted by Crippen LogP contribution is 2.37. The van der Waals surface area contributed by atoms with E-state index in [2.05, 4.69) is 12.3 Å². The molecule has 0 fully saturated rings. The van der Waals surface area contributed by atoms with Gasteiger partial charge in [0.25, 0.3) is 0 Å². The lowest BCUT2D eigenvalue weighted by molar-refractivity contribution is -0.113. The molecular weight excluding hydrogens is 298 g/mol. The van der Waals surface area contributed by atoms with Crippen molar-refractivity contribution >= 4 is 17.5 Å². The number of phenols is 2. The van der Waals surface area contributed by atoms with Gasteiger partial charge in [0.2, 0.25) is 5.91 Å². The number of carbonyl (C=O) groups excluding carboxylic acids is 3. The summed E-state index contributed by atoms with van der Waals surface area (Å²) in [7, 11) is 0. The number of primary amides is 1. The van der Waals surface area contributed by atoms with E-state index in [0.717, 1.165) is 6.08 Å². The molecule has 6 nitrogen and oxygen atoms in total. The van der Waals surface area contributed by atoms with Gasteiger partial charge in [0.05, 0.1) is 5.56 Å². The molecule has 2 aromatic carbocycles. The lowest BCUT2D eigenvalue weighted by Gasteiger charge is -2.18. The van der Waals surface area contributed by atoms with Gasteiger partial charge in [0, 0.05) is 16.7 Å². The number of rotatable bonds is 1. The van der Waals surface area contributed by atoms with Crippen LogP contribution < -0.4 is 5.73 Å². The molecule has 0 bridgehead atoms. The van der Waals surface area contributed by atoms with Gasteiger partial charge < -0.3 is 15.9 Å². The Morgan fingerprint density at radius 1 is 0.957 bits per heavy atom. The second-order valence-electron chi connectivity index (χ2n) is 4.67. The van der Waals surface area contributed by atoms with Crippen LogP contribution in [0.4, 0.5) is 0 Å². The third kappa shape index (κ3) is 2.82. The van der Waals surface area contributed by atoms with Crippen LogP contribution in [0.5, 0.6) is 11.5 Å². The minimum atomic E-state index is -0.541. The van der Waals surface area contributed by atoms with Gasteiger partial charge in [-0.05, 0) is 18.2 Å². The smallest absolute Gasteiger partial charge is 0.240 e. The van der Waals surface area contributed by atoms with Gasteiger partial charge in [-0.25, -0.2) is 0 Å². The largest absolute Gasteiger partial charge is 0.504 e. The number of benzene rings is 2. The topological polar surface area (TPSA) is 118 Å². The highest BCUT2D eigenvalue weighted by Gasteiger charge is 2.32. The van der Waals surface area contributed by atoms with E-state index in [1.807, 2.05) is 0 Å². The number of carbonyl (C=O) groups is 3. The van der Waals surface area contributed by atoms with Crippen molar-refractivity contribution in [3.05, 3.63) is 71.3 Å². The van der Waals surface area contributed by atoms with Crippen molar-refractivity contribution in [1.82, 2.24) is 0 Å². The zero-order chi connectivity index (χ0) is 17.1. The van der Waals surface area contributed by atoms with E-state index in [1.165, 1.54) is 18.2 Å². The maximum absolute atomic E-state index is 12.2. The van der Waals surface area contributed by atoms with E-state index >= 15 is 0 Å². The molecule has 4 N–H and O–H groups in total. The first-order chi connectivity index (χ1) is 10.9. The molecular formula is C17H13NO5. The maximum atomic E-state index is 12.2. The lowest BCUT2D eigenvalue weighted by Crippen LogP contribution is -2.20. The minimum absolute atomic E-state index is 0.119. The molecule has 0 unspecified atom stereocenters. The van der Waals surface area contributed by atoms with Crippen LogP contribution in [0.1, 0.15) is 31.8 Å². The Morgan fingerprint density at radius 3 is 2.00 bits per heavy atom. The number of fused-ring (bicyclic) bond motifs is 2. The standard InChI is InChI=1S/C14H8O4.C3H5NO/c15-10-6-5-9-11(14(10)18)13(17)8-4-2-1-3-7(8)12(9)16;1-2-3(4)5/h1-6,15,18H;2H,1H2,(H2,4,5). The molecule has 6 heteroatoms. The molecule has 1 aliphatic rings. The zero-order valence-corrected chi connectivity index (χ0v) is 11.9. The van der Waals surface area contributed by atoms with Crippen molar-refractivity contribution < 1.29 is 24.6 Å². The molecule has 2 aromatic rings. The van der Waals surface area contributed by atoms with Crippen molar-refractivity contribution in [2.24, 2.45) is 5.73 Å². The first-order valence-corrected chi connectivity index (χ1v) is 6.53. The molecule has 0 aromatic heterocycles. The Hall–Kier alpha value is -3.41. The summed E-state index contributed by atoms with van der Waals surface area (Å²) in [5.74, 6) is -2.20. The fourth-order valence-electron chi connectivity index (χ4n) is 2.16. The predicted molar refractivity (Wildman–Crippen MR) is 82.5 cm³/mol. The first kappa shape index (κ1) is 16.0. The van der Waals surface area contributed by atoms with Crippen molar-refractivity contribution in [2.75, 3.05) is 0 Å². The molecule has 0 saturated heterocycles. The Balaban J connectivity index is 0.000000338. The van der Waals surface area contributed by atoms with Gasteiger partial charge in [0.15, 0.2) is 23.1 Å². The summed E-state index contributed by atoms with van der Waals surface area (Å²) < 4.78 is 0. The SMILES string of the molecule is C=CC(N)=O.O=C1c2ccccc2C(=O)c2c1ccc(O)c2O. The normalized spacial score (nSPS) is 11.7. The van der Waals surface area contributed by atoms with E-state index in [0.29, 0.717) is 5.56 Å². The van der Waals surface area contributed by atoms with Gasteiger partial charge in [-0.3, -0.25) is 14.4 Å². The summed E-state index contributed by atoms with van der Waals surface area (Å²) in [5, 5.41) is 19.1. The number of phenolic OH excluding ortho intramolecular Hbond substituents is 2. The average molecular weight is 311 g/mol. The zero-order valence-electron chi connectivity index (χ0n) is 11.9. The molecule has 1 aliphatic carbocycles. The molecule has 3 rings (SSSR count). The van der Waals surface area contributed by atoms with Gasteiger partial charge >= 0.3 is 0 Å². The van der Waals surface area contributed by atoms with Gasteiger partial charge in [-0.1, -0.05) is 30.8 Å². The maximum Gasteiger partial charge on any atom is 0.240 e. The minimum Gasteiger partial charge on any atom is -0.504 e. The van der Waals surface area contributed by atoms with E-state index in [1.54, 1.807) is 18.2 Å². The molecule has 0 heterocycles. The number of nitrogens with two attached hydrogens (primary N) is 1. The Morgan fingerprint density at radius 2 is 1.48 bits per heavy atom. The van der Waals surface area contributed by atoms with Crippen LogP contribution >= 0.6 is 0 Å². The third-order valence-electron chi connectivity index (χ3n) is 3.25. The third-order valence-corrected chi connectivity index (χ3v) is 3.25. The van der Waals surface area contributed by atoms with E-state index in [9.17, 15) is 24.6 Å². The first-order valence-electron chi connectivity index (χ1n) is 6.53. The second-order valence-corrected chi connectivity index (χ2v) is 4.67. The fraction of sp³-hybridized carbons (Fsp3) is 0. The van der Waals surface area contributed by atoms with Crippen molar-refractivity contribution in [3.63, 3.8) is 0 Å². The summed E-state index contributed by atoms with van der Waals surface area (Å²) in [5.41, 5.74) is 5.09. The van der Waals surface area contributed by atoms with Gasteiger partial charge in [-0.2, -0.15) is 0 Å². The van der Waals surface area contributed by atoms with Crippen LogP contribution in [0, 0.1) is 0 Å². The van der Waals surface area contributed by atoms with Gasteiger partial charge in [-0.15, -0.1) is 0 Å². The average Bonchev–Trinajstić information content (AvgIpc) is 2.55. The predicted octanol–water partition coefficient (Wildman–Crippen LogP) is 1.53. The molecule has 23 heavy (non-hydrogen) atoms. The highest BCUT2D eigenvalue weighted by atomic mass is 16.3. The Kier molecular flexibility index (Phi) is 4.27. The van der Waals surface area contributed by atoms with Crippen molar-refractivity contribution in [1.29, 1.82) is 0 Å². The highest BCUT2D eigenvalue weighted by molar-refractivity contribution is 6.29. The summed E-state index contributed by atoms with van der Waals surface area (Å²) in [4.78, 5) is 33.8. The quantitative estimate of drug-likeness (QED) is 0.465. The molecule has 116 valence electrons. The van der Waals surface area contributed by atoms with Crippen LogP contribution in [0.3, 0.4) is 0 Å². The molecule has 0 saturated carbocycles. The number of hydrogen-bond donors (Lipinski definition) is 3. The Bertz CT molecular complexity index is 839. The van der Waals surface area contributed by atoms with E-state index in [-0.39, 0.29) is 22.5 Å². The summed E-state index contributed by atoms with van der Waals surface area (Å²) in [6.45, 7) is 3.09. The second kappa shape index (κ2) is 6.15. The van der Waals surface area contributed by atoms with Crippen LogP contribution in [0.25, 0.3) is 0 Å². The molecule has 1 amide bonds. The lowest BCUT2D eigenvalue weighted by atomic mass is 9.83. The molecule has 0 atom stereocenters. The summed E-state index contributed by atoms with van der Waals surface area (Å²) in [6, 6.07) is 8.97.